The number of aryl methyl sites for hydroxylation is 1. The van der Waals surface area contributed by atoms with Gasteiger partial charge in [-0.1, -0.05) is 0 Å². The van der Waals surface area contributed by atoms with Crippen LogP contribution in [0.2, 0.25) is 0 Å². The summed E-state index contributed by atoms with van der Waals surface area (Å²) in [5, 5.41) is 7.14. The van der Waals surface area contributed by atoms with Crippen LogP contribution in [-0.2, 0) is 4.79 Å². The Morgan fingerprint density at radius 1 is 1.22 bits per heavy atom. The molecule has 10 heteroatoms. The molecule has 0 unspecified atom stereocenters. The van der Waals surface area contributed by atoms with Crippen molar-refractivity contribution in [1.29, 1.82) is 0 Å². The van der Waals surface area contributed by atoms with Crippen LogP contribution >= 0.6 is 23.1 Å². The average molecular weight is 400 g/mol. The number of rotatable bonds is 6. The lowest BCUT2D eigenvalue weighted by molar-refractivity contribution is -0.117. The maximum absolute atomic E-state index is 11.8. The van der Waals surface area contributed by atoms with Gasteiger partial charge in [-0.05, 0) is 55.8 Å². The Kier molecular flexibility index (Phi) is 4.90. The second-order valence-corrected chi connectivity index (χ2v) is 8.37. The molecule has 0 bridgehead atoms. The standard InChI is InChI=1S/C17H17N7OS2/c1-9-8-19-16(26-9)23-15-21-14(18)22-17(24-15)27-12-6-4-11(5-7-12)20-13(25)10-2-3-10/h4-8,10H,2-3H2,1H3,(H,20,25)(H3,18,19,21,22,23,24). The molecule has 0 atom stereocenters. The Morgan fingerprint density at radius 2 is 2.00 bits per heavy atom. The summed E-state index contributed by atoms with van der Waals surface area (Å²) >= 11 is 2.87. The molecule has 0 radical (unpaired) electrons. The first-order chi connectivity index (χ1) is 13.0. The number of hydrogen-bond donors (Lipinski definition) is 3. The molecular formula is C17H17N7OS2. The fraction of sp³-hybridized carbons (Fsp3) is 0.235. The van der Waals surface area contributed by atoms with E-state index in [1.807, 2.05) is 31.2 Å². The third kappa shape index (κ3) is 4.72. The van der Waals surface area contributed by atoms with Crippen molar-refractivity contribution in [3.05, 3.63) is 35.3 Å². The third-order valence-corrected chi connectivity index (χ3v) is 5.45. The predicted octanol–water partition coefficient (Wildman–Crippen LogP) is 3.46. The largest absolute Gasteiger partial charge is 0.368 e. The molecule has 1 aliphatic rings. The number of benzene rings is 1. The lowest BCUT2D eigenvalue weighted by Gasteiger charge is -2.07. The minimum atomic E-state index is 0.0915. The van der Waals surface area contributed by atoms with Crippen LogP contribution in [0.1, 0.15) is 17.7 Å². The first-order valence-corrected chi connectivity index (χ1v) is 9.98. The number of thiazole rings is 1. The number of carbonyl (C=O) groups is 1. The molecule has 1 aliphatic carbocycles. The number of aromatic nitrogens is 4. The average Bonchev–Trinajstić information content (AvgIpc) is 3.40. The molecule has 1 amide bonds. The molecule has 4 rings (SSSR count). The molecule has 8 nitrogen and oxygen atoms in total. The molecular weight excluding hydrogens is 382 g/mol. The lowest BCUT2D eigenvalue weighted by atomic mass is 10.3. The van der Waals surface area contributed by atoms with Gasteiger partial charge >= 0.3 is 0 Å². The minimum Gasteiger partial charge on any atom is -0.368 e. The maximum atomic E-state index is 11.8. The number of nitrogens with one attached hydrogen (secondary N) is 2. The van der Waals surface area contributed by atoms with Crippen LogP contribution in [0.15, 0.2) is 40.5 Å². The van der Waals surface area contributed by atoms with Gasteiger partial charge in [-0.15, -0.1) is 11.3 Å². The molecule has 1 saturated carbocycles. The summed E-state index contributed by atoms with van der Waals surface area (Å²) in [6.45, 7) is 1.97. The van der Waals surface area contributed by atoms with Crippen molar-refractivity contribution in [2.75, 3.05) is 16.4 Å². The van der Waals surface area contributed by atoms with E-state index in [1.54, 1.807) is 6.20 Å². The summed E-state index contributed by atoms with van der Waals surface area (Å²) in [5.74, 6) is 0.762. The van der Waals surface area contributed by atoms with Gasteiger partial charge in [-0.3, -0.25) is 10.1 Å². The Labute approximate surface area is 164 Å². The number of nitrogens with two attached hydrogens (primary N) is 1. The normalized spacial score (nSPS) is 13.4. The minimum absolute atomic E-state index is 0.0915. The zero-order valence-electron chi connectivity index (χ0n) is 14.5. The van der Waals surface area contributed by atoms with Crippen LogP contribution in [0.3, 0.4) is 0 Å². The molecule has 4 N–H and O–H groups in total. The second kappa shape index (κ2) is 7.49. The highest BCUT2D eigenvalue weighted by Crippen LogP contribution is 2.31. The zero-order valence-corrected chi connectivity index (χ0v) is 16.1. The lowest BCUT2D eigenvalue weighted by Crippen LogP contribution is -2.12. The summed E-state index contributed by atoms with van der Waals surface area (Å²) in [4.78, 5) is 30.7. The molecule has 3 aromatic rings. The van der Waals surface area contributed by atoms with Gasteiger partial charge in [0, 0.05) is 27.6 Å². The monoisotopic (exact) mass is 399 g/mol. The van der Waals surface area contributed by atoms with Gasteiger partial charge in [0.1, 0.15) is 0 Å². The van der Waals surface area contributed by atoms with Gasteiger partial charge in [0.25, 0.3) is 0 Å². The molecule has 0 aliphatic heterocycles. The molecule has 0 saturated heterocycles. The van der Waals surface area contributed by atoms with E-state index in [0.717, 1.165) is 28.3 Å². The summed E-state index contributed by atoms with van der Waals surface area (Å²) in [6, 6.07) is 7.55. The van der Waals surface area contributed by atoms with Crippen LogP contribution in [-0.4, -0.2) is 25.8 Å². The van der Waals surface area contributed by atoms with E-state index >= 15 is 0 Å². The highest BCUT2D eigenvalue weighted by atomic mass is 32.2. The summed E-state index contributed by atoms with van der Waals surface area (Å²) < 4.78 is 0. The van der Waals surface area contributed by atoms with E-state index in [1.165, 1.54) is 23.1 Å². The van der Waals surface area contributed by atoms with Crippen molar-refractivity contribution in [1.82, 2.24) is 19.9 Å². The van der Waals surface area contributed by atoms with Gasteiger partial charge in [0.2, 0.25) is 17.8 Å². The van der Waals surface area contributed by atoms with E-state index < -0.39 is 0 Å². The summed E-state index contributed by atoms with van der Waals surface area (Å²) in [5.41, 5.74) is 6.59. The number of hydrogen-bond acceptors (Lipinski definition) is 9. The number of nitrogen functional groups attached to an aromatic ring is 1. The first-order valence-electron chi connectivity index (χ1n) is 8.35. The predicted molar refractivity (Wildman–Crippen MR) is 106 cm³/mol. The summed E-state index contributed by atoms with van der Waals surface area (Å²) in [7, 11) is 0. The van der Waals surface area contributed by atoms with Crippen molar-refractivity contribution in [3.63, 3.8) is 0 Å². The van der Waals surface area contributed by atoms with E-state index in [0.29, 0.717) is 16.2 Å². The second-order valence-electron chi connectivity index (χ2n) is 6.09. The van der Waals surface area contributed by atoms with Crippen LogP contribution in [0.4, 0.5) is 22.7 Å². The first kappa shape index (κ1) is 17.7. The maximum Gasteiger partial charge on any atom is 0.234 e. The quantitative estimate of drug-likeness (QED) is 0.576. The number of anilines is 4. The van der Waals surface area contributed by atoms with Crippen LogP contribution < -0.4 is 16.4 Å². The SMILES string of the molecule is Cc1cnc(Nc2nc(N)nc(Sc3ccc(NC(=O)C4CC4)cc3)n2)s1. The molecule has 1 aromatic carbocycles. The van der Waals surface area contributed by atoms with Gasteiger partial charge in [0.05, 0.1) is 0 Å². The van der Waals surface area contributed by atoms with Crippen molar-refractivity contribution < 1.29 is 4.79 Å². The Hall–Kier alpha value is -2.72. The third-order valence-electron chi connectivity index (χ3n) is 3.75. The van der Waals surface area contributed by atoms with Crippen molar-refractivity contribution in [2.45, 2.75) is 29.8 Å². The van der Waals surface area contributed by atoms with E-state index in [2.05, 4.69) is 30.6 Å². The van der Waals surface area contributed by atoms with Crippen molar-refractivity contribution >= 4 is 51.7 Å². The van der Waals surface area contributed by atoms with Crippen LogP contribution in [0, 0.1) is 12.8 Å². The fourth-order valence-corrected chi connectivity index (χ4v) is 3.70. The smallest absolute Gasteiger partial charge is 0.234 e. The highest BCUT2D eigenvalue weighted by molar-refractivity contribution is 7.99. The molecule has 27 heavy (non-hydrogen) atoms. The van der Waals surface area contributed by atoms with Gasteiger partial charge in [-0.25, -0.2) is 4.98 Å². The number of nitrogens with zero attached hydrogens (tertiary/aromatic N) is 4. The summed E-state index contributed by atoms with van der Waals surface area (Å²) in [6.07, 6.45) is 3.74. The Bertz CT molecular complexity index is 970. The molecule has 2 heterocycles. The molecule has 138 valence electrons. The van der Waals surface area contributed by atoms with Gasteiger partial charge in [-0.2, -0.15) is 15.0 Å². The fourth-order valence-electron chi connectivity index (χ4n) is 2.28. The van der Waals surface area contributed by atoms with Crippen molar-refractivity contribution in [3.8, 4) is 0 Å². The van der Waals surface area contributed by atoms with Gasteiger partial charge in [0.15, 0.2) is 10.3 Å². The molecule has 2 aromatic heterocycles. The molecule has 0 spiro atoms. The zero-order chi connectivity index (χ0) is 18.8. The molecule has 1 fully saturated rings. The highest BCUT2D eigenvalue weighted by Gasteiger charge is 2.29. The van der Waals surface area contributed by atoms with Crippen LogP contribution in [0.25, 0.3) is 0 Å². The Morgan fingerprint density at radius 3 is 2.67 bits per heavy atom. The number of carbonyl (C=O) groups excluding carboxylic acids is 1. The van der Waals surface area contributed by atoms with E-state index in [-0.39, 0.29) is 17.8 Å². The Balaban J connectivity index is 1.44. The number of amides is 1. The van der Waals surface area contributed by atoms with E-state index in [4.69, 9.17) is 5.73 Å². The van der Waals surface area contributed by atoms with Crippen LogP contribution in [0.5, 0.6) is 0 Å². The van der Waals surface area contributed by atoms with Gasteiger partial charge < -0.3 is 11.1 Å². The van der Waals surface area contributed by atoms with Crippen molar-refractivity contribution in [2.24, 2.45) is 5.92 Å². The van der Waals surface area contributed by atoms with E-state index in [9.17, 15) is 4.79 Å². The topological polar surface area (TPSA) is 119 Å².